The first-order chi connectivity index (χ1) is 9.00. The third kappa shape index (κ3) is 2.72. The Balaban J connectivity index is 2.15. The number of carboxylic acid groups (broad SMARTS) is 1. The molecule has 6 heteroatoms. The number of aliphatic carboxylic acids is 1. The van der Waals surface area contributed by atoms with Crippen LogP contribution in [0.2, 0.25) is 0 Å². The second-order valence-corrected chi connectivity index (χ2v) is 4.46. The molecule has 4 nitrogen and oxygen atoms in total. The lowest BCUT2D eigenvalue weighted by molar-refractivity contribution is -0.148. The van der Waals surface area contributed by atoms with Crippen molar-refractivity contribution in [1.29, 1.82) is 0 Å². The maximum atomic E-state index is 13.4. The van der Waals surface area contributed by atoms with E-state index >= 15 is 0 Å². The van der Waals surface area contributed by atoms with Crippen LogP contribution in [-0.2, 0) is 16.0 Å². The summed E-state index contributed by atoms with van der Waals surface area (Å²) in [6, 6.07) is 2.48. The summed E-state index contributed by atoms with van der Waals surface area (Å²) < 4.78 is 26.9. The van der Waals surface area contributed by atoms with E-state index in [1.807, 2.05) is 0 Å². The van der Waals surface area contributed by atoms with Gasteiger partial charge < -0.3 is 10.0 Å². The van der Waals surface area contributed by atoms with E-state index in [2.05, 4.69) is 0 Å². The Morgan fingerprint density at radius 2 is 1.95 bits per heavy atom. The molecule has 1 aliphatic heterocycles. The topological polar surface area (TPSA) is 57.6 Å². The molecule has 1 aromatic rings. The van der Waals surface area contributed by atoms with E-state index in [1.165, 1.54) is 11.0 Å². The van der Waals surface area contributed by atoms with Crippen LogP contribution in [0.1, 0.15) is 18.4 Å². The zero-order valence-corrected chi connectivity index (χ0v) is 10.1. The molecule has 0 saturated carbocycles. The molecular weight excluding hydrogens is 256 g/mol. The van der Waals surface area contributed by atoms with Crippen LogP contribution in [0.15, 0.2) is 18.2 Å². The van der Waals surface area contributed by atoms with E-state index in [0.717, 1.165) is 12.1 Å². The van der Waals surface area contributed by atoms with Crippen LogP contribution in [0, 0.1) is 11.6 Å². The average Bonchev–Trinajstić information content (AvgIpc) is 2.83. The molecule has 0 spiro atoms. The Labute approximate surface area is 108 Å². The minimum Gasteiger partial charge on any atom is -0.480 e. The number of nitrogens with zero attached hydrogens (tertiary/aromatic N) is 1. The maximum absolute atomic E-state index is 13.4. The lowest BCUT2D eigenvalue weighted by atomic mass is 10.1. The zero-order chi connectivity index (χ0) is 14.0. The number of hydrogen-bond acceptors (Lipinski definition) is 2. The number of carbonyl (C=O) groups excluding carboxylic acids is 1. The normalized spacial score (nSPS) is 18.6. The van der Waals surface area contributed by atoms with Crippen LogP contribution in [0.4, 0.5) is 8.78 Å². The summed E-state index contributed by atoms with van der Waals surface area (Å²) in [5.74, 6) is -3.23. The van der Waals surface area contributed by atoms with Gasteiger partial charge in [-0.15, -0.1) is 0 Å². The van der Waals surface area contributed by atoms with Gasteiger partial charge in [0.2, 0.25) is 5.91 Å². The molecule has 0 unspecified atom stereocenters. The van der Waals surface area contributed by atoms with Gasteiger partial charge in [0.25, 0.3) is 0 Å². The Kier molecular flexibility index (Phi) is 3.78. The molecule has 0 aromatic heterocycles. The van der Waals surface area contributed by atoms with Crippen molar-refractivity contribution in [1.82, 2.24) is 4.90 Å². The van der Waals surface area contributed by atoms with E-state index in [1.54, 1.807) is 0 Å². The van der Waals surface area contributed by atoms with Crippen molar-refractivity contribution in [3.8, 4) is 0 Å². The SMILES string of the molecule is O=C(O)[C@H]1CCCN1C(=O)Cc1c(F)cccc1F. The fraction of sp³-hybridized carbons (Fsp3) is 0.385. The van der Waals surface area contributed by atoms with Crippen LogP contribution in [-0.4, -0.2) is 34.5 Å². The quantitative estimate of drug-likeness (QED) is 0.906. The van der Waals surface area contributed by atoms with Gasteiger partial charge in [-0.05, 0) is 25.0 Å². The number of amides is 1. The Morgan fingerprint density at radius 1 is 1.32 bits per heavy atom. The minimum atomic E-state index is -1.08. The lowest BCUT2D eigenvalue weighted by Crippen LogP contribution is -2.41. The van der Waals surface area contributed by atoms with Crippen LogP contribution in [0.3, 0.4) is 0 Å². The highest BCUT2D eigenvalue weighted by atomic mass is 19.1. The van der Waals surface area contributed by atoms with E-state index in [-0.39, 0.29) is 5.56 Å². The summed E-state index contributed by atoms with van der Waals surface area (Å²) in [5.41, 5.74) is -0.316. The van der Waals surface area contributed by atoms with Crippen molar-refractivity contribution in [3.05, 3.63) is 35.4 Å². The van der Waals surface area contributed by atoms with Crippen molar-refractivity contribution >= 4 is 11.9 Å². The lowest BCUT2D eigenvalue weighted by Gasteiger charge is -2.21. The molecule has 102 valence electrons. The van der Waals surface area contributed by atoms with Gasteiger partial charge >= 0.3 is 5.97 Å². The average molecular weight is 269 g/mol. The van der Waals surface area contributed by atoms with Gasteiger partial charge in [0.15, 0.2) is 0 Å². The number of halogens is 2. The van der Waals surface area contributed by atoms with Crippen molar-refractivity contribution in [2.45, 2.75) is 25.3 Å². The van der Waals surface area contributed by atoms with Gasteiger partial charge in [-0.2, -0.15) is 0 Å². The second kappa shape index (κ2) is 5.34. The van der Waals surface area contributed by atoms with Gasteiger partial charge in [0.1, 0.15) is 17.7 Å². The fourth-order valence-corrected chi connectivity index (χ4v) is 2.28. The molecule has 0 radical (unpaired) electrons. The monoisotopic (exact) mass is 269 g/mol. The van der Waals surface area contributed by atoms with E-state index in [0.29, 0.717) is 19.4 Å². The largest absolute Gasteiger partial charge is 0.480 e. The van der Waals surface area contributed by atoms with Crippen molar-refractivity contribution in [3.63, 3.8) is 0 Å². The van der Waals surface area contributed by atoms with Gasteiger partial charge in [-0.3, -0.25) is 4.79 Å². The van der Waals surface area contributed by atoms with Crippen LogP contribution in [0.25, 0.3) is 0 Å². The van der Waals surface area contributed by atoms with Crippen molar-refractivity contribution in [2.75, 3.05) is 6.54 Å². The van der Waals surface area contributed by atoms with E-state index in [9.17, 15) is 18.4 Å². The molecule has 2 rings (SSSR count). The number of benzene rings is 1. The minimum absolute atomic E-state index is 0.311. The first kappa shape index (κ1) is 13.5. The molecule has 1 saturated heterocycles. The van der Waals surface area contributed by atoms with Gasteiger partial charge in [0, 0.05) is 12.1 Å². The molecule has 1 N–H and O–H groups in total. The van der Waals surface area contributed by atoms with Gasteiger partial charge in [-0.1, -0.05) is 6.07 Å². The Bertz CT molecular complexity index is 498. The van der Waals surface area contributed by atoms with Crippen LogP contribution >= 0.6 is 0 Å². The first-order valence-electron chi connectivity index (χ1n) is 5.96. The number of likely N-dealkylation sites (tertiary alicyclic amines) is 1. The van der Waals surface area contributed by atoms with Crippen molar-refractivity contribution < 1.29 is 23.5 Å². The number of hydrogen-bond donors (Lipinski definition) is 1. The molecule has 1 aromatic carbocycles. The standard InChI is InChI=1S/C13H13F2NO3/c14-9-3-1-4-10(15)8(9)7-12(17)16-6-2-5-11(16)13(18)19/h1,3-4,11H,2,5-7H2,(H,18,19)/t11-/m1/s1. The molecule has 1 fully saturated rings. The molecule has 1 amide bonds. The molecular formula is C13H13F2NO3. The predicted octanol–water partition coefficient (Wildman–Crippen LogP) is 1.58. The van der Waals surface area contributed by atoms with Crippen LogP contribution < -0.4 is 0 Å². The molecule has 1 aliphatic rings. The van der Waals surface area contributed by atoms with Gasteiger partial charge in [0.05, 0.1) is 6.42 Å². The number of rotatable bonds is 3. The second-order valence-electron chi connectivity index (χ2n) is 4.46. The number of carboxylic acids is 1. The van der Waals surface area contributed by atoms with Crippen LogP contribution in [0.5, 0.6) is 0 Å². The third-order valence-electron chi connectivity index (χ3n) is 3.25. The summed E-state index contributed by atoms with van der Waals surface area (Å²) >= 11 is 0. The zero-order valence-electron chi connectivity index (χ0n) is 10.1. The molecule has 1 heterocycles. The maximum Gasteiger partial charge on any atom is 0.326 e. The van der Waals surface area contributed by atoms with Gasteiger partial charge in [-0.25, -0.2) is 13.6 Å². The summed E-state index contributed by atoms with van der Waals surface area (Å²) in [5, 5.41) is 8.97. The summed E-state index contributed by atoms with van der Waals surface area (Å²) in [6.07, 6.45) is 0.506. The smallest absolute Gasteiger partial charge is 0.326 e. The molecule has 19 heavy (non-hydrogen) atoms. The van der Waals surface area contributed by atoms with E-state index in [4.69, 9.17) is 5.11 Å². The third-order valence-corrected chi connectivity index (χ3v) is 3.25. The van der Waals surface area contributed by atoms with E-state index < -0.39 is 36.0 Å². The summed E-state index contributed by atoms with van der Waals surface area (Å²) in [6.45, 7) is 0.311. The highest BCUT2D eigenvalue weighted by Gasteiger charge is 2.34. The first-order valence-corrected chi connectivity index (χ1v) is 5.96. The predicted molar refractivity (Wildman–Crippen MR) is 62.4 cm³/mol. The molecule has 0 bridgehead atoms. The van der Waals surface area contributed by atoms with Crippen molar-refractivity contribution in [2.24, 2.45) is 0 Å². The highest BCUT2D eigenvalue weighted by Crippen LogP contribution is 2.20. The highest BCUT2D eigenvalue weighted by molar-refractivity contribution is 5.85. The molecule has 1 atom stereocenters. The summed E-state index contributed by atoms with van der Waals surface area (Å²) in [4.78, 5) is 24.1. The number of carbonyl (C=O) groups is 2. The molecule has 0 aliphatic carbocycles. The summed E-state index contributed by atoms with van der Waals surface area (Å²) in [7, 11) is 0. The fourth-order valence-electron chi connectivity index (χ4n) is 2.28. The Morgan fingerprint density at radius 3 is 2.53 bits per heavy atom. The Hall–Kier alpha value is -1.98.